The van der Waals surface area contributed by atoms with Crippen LogP contribution in [0.1, 0.15) is 33.3 Å². The van der Waals surface area contributed by atoms with Crippen LogP contribution in [0, 0.1) is 0 Å². The van der Waals surface area contributed by atoms with Gasteiger partial charge in [0.15, 0.2) is 17.9 Å². The van der Waals surface area contributed by atoms with Crippen molar-refractivity contribution in [3.8, 4) is 0 Å². The van der Waals surface area contributed by atoms with Gasteiger partial charge in [-0.25, -0.2) is 4.57 Å². The molecule has 3 fully saturated rings. The monoisotopic (exact) mass is 501 g/mol. The second kappa shape index (κ2) is 9.93. The highest BCUT2D eigenvalue weighted by Crippen LogP contribution is 2.51. The molecular formula is C22H32NO10P. The van der Waals surface area contributed by atoms with Gasteiger partial charge in [-0.05, 0) is 33.3 Å². The van der Waals surface area contributed by atoms with Gasteiger partial charge in [-0.15, -0.1) is 0 Å². The number of amides is 1. The second-order valence-electron chi connectivity index (χ2n) is 9.32. The normalized spacial score (nSPS) is 33.4. The molecule has 12 heteroatoms. The summed E-state index contributed by atoms with van der Waals surface area (Å²) < 4.78 is 52.4. The first-order valence-corrected chi connectivity index (χ1v) is 12.7. The van der Waals surface area contributed by atoms with Crippen LogP contribution in [0.5, 0.6) is 0 Å². The number of nitrogens with one attached hydrogen (secondary N) is 1. The average Bonchev–Trinajstić information content (AvgIpc) is 3.35. The Kier molecular flexibility index (Phi) is 7.50. The summed E-state index contributed by atoms with van der Waals surface area (Å²) >= 11 is 0. The minimum absolute atomic E-state index is 0.0383. The first-order chi connectivity index (χ1) is 15.9. The topological polar surface area (TPSA) is 131 Å². The molecule has 4 rings (SSSR count). The van der Waals surface area contributed by atoms with Gasteiger partial charge in [-0.3, -0.25) is 13.8 Å². The maximum Gasteiger partial charge on any atom is 0.472 e. The molecule has 0 saturated carbocycles. The van der Waals surface area contributed by atoms with Gasteiger partial charge in [0, 0.05) is 6.54 Å². The fourth-order valence-electron chi connectivity index (χ4n) is 4.18. The van der Waals surface area contributed by atoms with Crippen molar-refractivity contribution in [2.45, 2.75) is 76.4 Å². The highest BCUT2D eigenvalue weighted by Gasteiger charge is 2.60. The molecule has 0 aliphatic carbocycles. The largest absolute Gasteiger partial charge is 0.472 e. The van der Waals surface area contributed by atoms with E-state index in [2.05, 4.69) is 5.32 Å². The number of phosphoric acid groups is 1. The summed E-state index contributed by atoms with van der Waals surface area (Å²) in [5.74, 6) is -2.00. The predicted octanol–water partition coefficient (Wildman–Crippen LogP) is 1.88. The summed E-state index contributed by atoms with van der Waals surface area (Å²) in [7, 11) is -4.53. The van der Waals surface area contributed by atoms with Crippen LogP contribution in [0.15, 0.2) is 30.3 Å². The molecule has 190 valence electrons. The number of carbonyl (C=O) groups excluding carboxylic acids is 1. The maximum absolute atomic E-state index is 12.7. The smallest absolute Gasteiger partial charge is 0.353 e. The van der Waals surface area contributed by atoms with E-state index in [0.29, 0.717) is 0 Å². The summed E-state index contributed by atoms with van der Waals surface area (Å²) in [5, 5.41) is 2.65. The highest BCUT2D eigenvalue weighted by molar-refractivity contribution is 7.47. The number of hydrogen-bond donors (Lipinski definition) is 2. The highest BCUT2D eigenvalue weighted by atomic mass is 31.2. The zero-order valence-electron chi connectivity index (χ0n) is 19.7. The lowest BCUT2D eigenvalue weighted by Gasteiger charge is -2.29. The second-order valence-corrected chi connectivity index (χ2v) is 10.7. The first kappa shape index (κ1) is 25.7. The van der Waals surface area contributed by atoms with Crippen LogP contribution in [0.25, 0.3) is 0 Å². The number of phosphoric ester groups is 1. The Bertz CT molecular complexity index is 910. The summed E-state index contributed by atoms with van der Waals surface area (Å²) in [5.41, 5.74) is 0.863. The van der Waals surface area contributed by atoms with Crippen LogP contribution in [-0.4, -0.2) is 72.8 Å². The molecule has 3 aliphatic heterocycles. The third kappa shape index (κ3) is 6.42. The van der Waals surface area contributed by atoms with E-state index in [1.165, 1.54) is 0 Å². The molecule has 0 aromatic heterocycles. The third-order valence-corrected chi connectivity index (χ3v) is 6.58. The molecule has 3 aliphatic rings. The van der Waals surface area contributed by atoms with Gasteiger partial charge >= 0.3 is 7.82 Å². The minimum Gasteiger partial charge on any atom is -0.353 e. The molecule has 34 heavy (non-hydrogen) atoms. The number of fused-ring (bicyclic) bond motifs is 1. The van der Waals surface area contributed by atoms with Crippen LogP contribution < -0.4 is 5.32 Å². The van der Waals surface area contributed by atoms with Crippen LogP contribution in [-0.2, 0) is 48.5 Å². The quantitative estimate of drug-likeness (QED) is 0.382. The molecule has 1 aromatic rings. The Morgan fingerprint density at radius 3 is 2.53 bits per heavy atom. The number of carbonyl (C=O) groups is 1. The Labute approximate surface area is 198 Å². The van der Waals surface area contributed by atoms with E-state index in [1.807, 2.05) is 30.3 Å². The van der Waals surface area contributed by atoms with Crippen molar-refractivity contribution >= 4 is 13.7 Å². The van der Waals surface area contributed by atoms with Crippen molar-refractivity contribution in [1.82, 2.24) is 5.32 Å². The van der Waals surface area contributed by atoms with E-state index in [0.717, 1.165) is 5.56 Å². The molecule has 1 amide bonds. The van der Waals surface area contributed by atoms with Gasteiger partial charge in [0.05, 0.1) is 19.6 Å². The van der Waals surface area contributed by atoms with Gasteiger partial charge < -0.3 is 33.9 Å². The Hall–Kier alpha value is -1.40. The molecule has 1 aromatic carbocycles. The third-order valence-electron chi connectivity index (χ3n) is 5.56. The fourth-order valence-corrected chi connectivity index (χ4v) is 5.11. The molecule has 0 spiro atoms. The minimum atomic E-state index is -4.53. The van der Waals surface area contributed by atoms with Crippen LogP contribution >= 0.6 is 7.82 Å². The zero-order valence-corrected chi connectivity index (χ0v) is 20.6. The molecule has 6 atom stereocenters. The van der Waals surface area contributed by atoms with Crippen molar-refractivity contribution in [1.29, 1.82) is 0 Å². The summed E-state index contributed by atoms with van der Waals surface area (Å²) in [6, 6.07) is 9.25. The maximum atomic E-state index is 12.7. The Morgan fingerprint density at radius 1 is 1.12 bits per heavy atom. The lowest BCUT2D eigenvalue weighted by molar-refractivity contribution is -0.231. The molecule has 3 heterocycles. The molecule has 1 unspecified atom stereocenters. The number of benzene rings is 1. The van der Waals surface area contributed by atoms with Crippen LogP contribution in [0.3, 0.4) is 0 Å². The van der Waals surface area contributed by atoms with E-state index in [1.54, 1.807) is 27.7 Å². The van der Waals surface area contributed by atoms with Crippen molar-refractivity contribution < 1.29 is 47.0 Å². The number of ether oxygens (including phenoxy) is 5. The van der Waals surface area contributed by atoms with Gasteiger partial charge in [-0.1, -0.05) is 30.3 Å². The van der Waals surface area contributed by atoms with Crippen molar-refractivity contribution in [3.05, 3.63) is 35.9 Å². The predicted molar refractivity (Wildman–Crippen MR) is 117 cm³/mol. The van der Waals surface area contributed by atoms with Gasteiger partial charge in [-0.2, -0.15) is 0 Å². The molecular weight excluding hydrogens is 469 g/mol. The van der Waals surface area contributed by atoms with E-state index in [4.69, 9.17) is 32.7 Å². The molecule has 2 N–H and O–H groups in total. The van der Waals surface area contributed by atoms with E-state index in [9.17, 15) is 14.3 Å². The van der Waals surface area contributed by atoms with Crippen LogP contribution in [0.4, 0.5) is 0 Å². The molecule has 11 nitrogen and oxygen atoms in total. The lowest BCUT2D eigenvalue weighted by atomic mass is 10.1. The van der Waals surface area contributed by atoms with Crippen molar-refractivity contribution in [3.63, 3.8) is 0 Å². The summed E-state index contributed by atoms with van der Waals surface area (Å²) in [6.07, 6.45) is -3.69. The van der Waals surface area contributed by atoms with Crippen molar-refractivity contribution in [2.24, 2.45) is 0 Å². The SMILES string of the molecule is CC1(C)O[C@H]2O[C@H]([C@@H]3COC(C)(C)O3)[C@H](OP(=O)(O)OCCNC(=O)Cc3ccccc3)[C@H]2O1. The zero-order chi connectivity index (χ0) is 24.6. The Morgan fingerprint density at radius 2 is 1.85 bits per heavy atom. The van der Waals surface area contributed by atoms with E-state index in [-0.39, 0.29) is 32.1 Å². The average molecular weight is 501 g/mol. The van der Waals surface area contributed by atoms with E-state index < -0.39 is 50.1 Å². The van der Waals surface area contributed by atoms with E-state index >= 15 is 0 Å². The lowest BCUT2D eigenvalue weighted by Crippen LogP contribution is -2.43. The fraction of sp³-hybridized carbons (Fsp3) is 0.682. The number of hydrogen-bond acceptors (Lipinski definition) is 9. The molecule has 0 radical (unpaired) electrons. The first-order valence-electron chi connectivity index (χ1n) is 11.2. The van der Waals surface area contributed by atoms with Crippen molar-refractivity contribution in [2.75, 3.05) is 19.8 Å². The van der Waals surface area contributed by atoms with Gasteiger partial charge in [0.1, 0.15) is 24.4 Å². The van der Waals surface area contributed by atoms with Crippen LogP contribution in [0.2, 0.25) is 0 Å². The standard InChI is InChI=1S/C22H32NO10P/c1-21(2)27-13-15(30-21)17-18(19-20(29-17)32-22(3,4)31-19)33-34(25,26)28-11-10-23-16(24)12-14-8-6-5-7-9-14/h5-9,15,17-20H,10-13H2,1-4H3,(H,23,24)(H,25,26)/t15-,17+,18-,19+,20+/m0/s1. The number of rotatable bonds is 9. The van der Waals surface area contributed by atoms with Gasteiger partial charge in [0.2, 0.25) is 5.91 Å². The summed E-state index contributed by atoms with van der Waals surface area (Å²) in [6.45, 7) is 6.99. The Balaban J connectivity index is 1.31. The summed E-state index contributed by atoms with van der Waals surface area (Å²) in [4.78, 5) is 22.4. The molecule has 0 bridgehead atoms. The molecule has 3 saturated heterocycles. The van der Waals surface area contributed by atoms with Gasteiger partial charge in [0.25, 0.3) is 0 Å².